The summed E-state index contributed by atoms with van der Waals surface area (Å²) < 4.78 is 1.60. The van der Waals surface area contributed by atoms with Crippen LogP contribution in [-0.4, -0.2) is 44.2 Å². The van der Waals surface area contributed by atoms with Gasteiger partial charge in [0.05, 0.1) is 23.9 Å². The van der Waals surface area contributed by atoms with E-state index in [1.54, 1.807) is 10.9 Å². The van der Waals surface area contributed by atoms with E-state index in [2.05, 4.69) is 11.9 Å². The third kappa shape index (κ3) is 4.27. The van der Waals surface area contributed by atoms with Gasteiger partial charge >= 0.3 is 0 Å². The standard InChI is InChI=1S/C26H37N3O3S/c1-19(15-20-7-3-2-4-8-20)23(30)28-13-12-26(32,25(16-28)10-5-6-11-25)17-29-18-27-22-21(24(29)31)9-14-33-22/h9,14,18-20,32H,2-8,10-13,15-17H2,1H3. The smallest absolute Gasteiger partial charge is 0.262 e. The van der Waals surface area contributed by atoms with Crippen molar-refractivity contribution in [3.63, 3.8) is 0 Å². The lowest BCUT2D eigenvalue weighted by Crippen LogP contribution is -2.62. The number of amides is 1. The Labute approximate surface area is 200 Å². The van der Waals surface area contributed by atoms with Crippen LogP contribution >= 0.6 is 11.3 Å². The van der Waals surface area contributed by atoms with Crippen LogP contribution in [0.15, 0.2) is 22.6 Å². The summed E-state index contributed by atoms with van der Waals surface area (Å²) in [6.45, 7) is 3.53. The fraction of sp³-hybridized carbons (Fsp3) is 0.731. The molecule has 2 aromatic heterocycles. The Kier molecular flexibility index (Phi) is 6.38. The van der Waals surface area contributed by atoms with Gasteiger partial charge in [-0.1, -0.05) is 51.9 Å². The quantitative estimate of drug-likeness (QED) is 0.692. The number of thiophene rings is 1. The normalized spacial score (nSPS) is 26.8. The molecule has 3 aliphatic rings. The Morgan fingerprint density at radius 2 is 1.97 bits per heavy atom. The molecule has 2 aliphatic carbocycles. The van der Waals surface area contributed by atoms with E-state index < -0.39 is 5.60 Å². The molecule has 3 fully saturated rings. The van der Waals surface area contributed by atoms with E-state index >= 15 is 0 Å². The molecule has 0 radical (unpaired) electrons. The first-order valence-electron chi connectivity index (χ1n) is 12.8. The predicted molar refractivity (Wildman–Crippen MR) is 131 cm³/mol. The Balaban J connectivity index is 1.33. The number of piperidine rings is 1. The van der Waals surface area contributed by atoms with Crippen LogP contribution in [-0.2, 0) is 11.3 Å². The van der Waals surface area contributed by atoms with Gasteiger partial charge in [0, 0.05) is 24.4 Å². The first-order valence-corrected chi connectivity index (χ1v) is 13.7. The Hall–Kier alpha value is -1.73. The van der Waals surface area contributed by atoms with Gasteiger partial charge in [-0.3, -0.25) is 14.2 Å². The first kappa shape index (κ1) is 23.0. The molecule has 0 bridgehead atoms. The van der Waals surface area contributed by atoms with Gasteiger partial charge in [-0.15, -0.1) is 11.3 Å². The number of aromatic nitrogens is 2. The minimum absolute atomic E-state index is 0.0468. The van der Waals surface area contributed by atoms with Gasteiger partial charge in [0.15, 0.2) is 0 Å². The third-order valence-electron chi connectivity index (χ3n) is 8.86. The number of carbonyl (C=O) groups is 1. The van der Waals surface area contributed by atoms with Crippen LogP contribution < -0.4 is 5.56 Å². The van der Waals surface area contributed by atoms with Crippen molar-refractivity contribution in [2.45, 2.75) is 89.7 Å². The monoisotopic (exact) mass is 471 g/mol. The van der Waals surface area contributed by atoms with Crippen molar-refractivity contribution in [2.24, 2.45) is 17.3 Å². The minimum atomic E-state index is -0.998. The van der Waals surface area contributed by atoms with Crippen molar-refractivity contribution < 1.29 is 9.90 Å². The van der Waals surface area contributed by atoms with Gasteiger partial charge in [-0.05, 0) is 43.0 Å². The molecule has 6 nitrogen and oxygen atoms in total. The lowest BCUT2D eigenvalue weighted by Gasteiger charge is -2.52. The summed E-state index contributed by atoms with van der Waals surface area (Å²) in [6, 6.07) is 1.82. The zero-order chi connectivity index (χ0) is 23.1. The Bertz CT molecular complexity index is 1050. The number of likely N-dealkylation sites (tertiary alicyclic amines) is 1. The van der Waals surface area contributed by atoms with Crippen molar-refractivity contribution in [3.8, 4) is 0 Å². The first-order chi connectivity index (χ1) is 15.9. The topological polar surface area (TPSA) is 75.4 Å². The van der Waals surface area contributed by atoms with E-state index in [1.807, 2.05) is 16.3 Å². The number of fused-ring (bicyclic) bond motifs is 1. The summed E-state index contributed by atoms with van der Waals surface area (Å²) in [7, 11) is 0. The Morgan fingerprint density at radius 3 is 2.73 bits per heavy atom. The Morgan fingerprint density at radius 1 is 1.21 bits per heavy atom. The molecule has 2 atom stereocenters. The van der Waals surface area contributed by atoms with Gasteiger partial charge in [0.25, 0.3) is 5.56 Å². The van der Waals surface area contributed by atoms with Crippen LogP contribution in [0, 0.1) is 17.3 Å². The van der Waals surface area contributed by atoms with Crippen LogP contribution in [0.5, 0.6) is 0 Å². The molecular weight excluding hydrogens is 434 g/mol. The van der Waals surface area contributed by atoms with E-state index in [1.165, 1.54) is 43.4 Å². The fourth-order valence-electron chi connectivity index (χ4n) is 6.91. The van der Waals surface area contributed by atoms with Crippen molar-refractivity contribution in [2.75, 3.05) is 13.1 Å². The molecule has 1 spiro atoms. The van der Waals surface area contributed by atoms with Gasteiger partial charge in [-0.25, -0.2) is 4.98 Å². The van der Waals surface area contributed by atoms with E-state index in [4.69, 9.17) is 0 Å². The van der Waals surface area contributed by atoms with Crippen LogP contribution in [0.25, 0.3) is 10.2 Å². The van der Waals surface area contributed by atoms with Gasteiger partial charge in [0.2, 0.25) is 5.91 Å². The average molecular weight is 472 g/mol. The zero-order valence-corrected chi connectivity index (χ0v) is 20.6. The maximum atomic E-state index is 13.4. The molecule has 33 heavy (non-hydrogen) atoms. The minimum Gasteiger partial charge on any atom is -0.387 e. The second-order valence-corrected chi connectivity index (χ2v) is 11.9. The van der Waals surface area contributed by atoms with Crippen LogP contribution in [0.4, 0.5) is 0 Å². The third-order valence-corrected chi connectivity index (χ3v) is 9.68. The van der Waals surface area contributed by atoms with E-state index in [-0.39, 0.29) is 29.3 Å². The average Bonchev–Trinajstić information content (AvgIpc) is 3.49. The van der Waals surface area contributed by atoms with Crippen LogP contribution in [0.3, 0.4) is 0 Å². The highest BCUT2D eigenvalue weighted by atomic mass is 32.1. The highest BCUT2D eigenvalue weighted by Gasteiger charge is 2.55. The molecule has 2 aromatic rings. The molecule has 180 valence electrons. The van der Waals surface area contributed by atoms with E-state index in [9.17, 15) is 14.7 Å². The second kappa shape index (κ2) is 9.14. The number of hydrogen-bond donors (Lipinski definition) is 1. The van der Waals surface area contributed by atoms with Crippen molar-refractivity contribution in [3.05, 3.63) is 28.1 Å². The summed E-state index contributed by atoms with van der Waals surface area (Å²) in [6.07, 6.45) is 13.5. The molecule has 1 N–H and O–H groups in total. The summed E-state index contributed by atoms with van der Waals surface area (Å²) in [5.74, 6) is 0.990. The number of carbonyl (C=O) groups excluding carboxylic acids is 1. The second-order valence-electron chi connectivity index (χ2n) is 11.0. The van der Waals surface area contributed by atoms with E-state index in [0.29, 0.717) is 30.8 Å². The predicted octanol–water partition coefficient (Wildman–Crippen LogP) is 4.59. The van der Waals surface area contributed by atoms with Gasteiger partial charge < -0.3 is 10.0 Å². The van der Waals surface area contributed by atoms with Crippen molar-refractivity contribution in [1.29, 1.82) is 0 Å². The highest BCUT2D eigenvalue weighted by Crippen LogP contribution is 2.51. The number of rotatable bonds is 5. The molecule has 3 heterocycles. The lowest BCUT2D eigenvalue weighted by atomic mass is 9.65. The molecule has 1 saturated heterocycles. The van der Waals surface area contributed by atoms with Crippen molar-refractivity contribution in [1.82, 2.24) is 14.5 Å². The van der Waals surface area contributed by atoms with Crippen LogP contribution in [0.2, 0.25) is 0 Å². The van der Waals surface area contributed by atoms with Gasteiger partial charge in [0.1, 0.15) is 4.83 Å². The molecule has 1 aliphatic heterocycles. The molecule has 0 aromatic carbocycles. The summed E-state index contributed by atoms with van der Waals surface area (Å²) >= 11 is 1.46. The van der Waals surface area contributed by atoms with E-state index in [0.717, 1.165) is 36.9 Å². The highest BCUT2D eigenvalue weighted by molar-refractivity contribution is 7.16. The van der Waals surface area contributed by atoms with Crippen LogP contribution in [0.1, 0.15) is 77.6 Å². The maximum absolute atomic E-state index is 13.4. The largest absolute Gasteiger partial charge is 0.387 e. The molecule has 2 saturated carbocycles. The fourth-order valence-corrected chi connectivity index (χ4v) is 7.63. The number of hydrogen-bond acceptors (Lipinski definition) is 5. The molecule has 7 heteroatoms. The molecular formula is C26H37N3O3S. The lowest BCUT2D eigenvalue weighted by molar-refractivity contribution is -0.163. The molecule has 2 unspecified atom stereocenters. The number of nitrogens with zero attached hydrogens (tertiary/aromatic N) is 3. The number of aliphatic hydroxyl groups is 1. The molecule has 5 rings (SSSR count). The SMILES string of the molecule is CC(CC1CCCCC1)C(=O)N1CCC(O)(Cn2cnc3sccc3c2=O)C2(CCCC2)C1. The van der Waals surface area contributed by atoms with Gasteiger partial charge in [-0.2, -0.15) is 0 Å². The summed E-state index contributed by atoms with van der Waals surface area (Å²) in [5.41, 5.74) is -1.42. The zero-order valence-electron chi connectivity index (χ0n) is 19.8. The summed E-state index contributed by atoms with van der Waals surface area (Å²) in [5, 5.41) is 14.5. The maximum Gasteiger partial charge on any atom is 0.262 e. The van der Waals surface area contributed by atoms with Crippen molar-refractivity contribution >= 4 is 27.5 Å². The molecule has 1 amide bonds. The summed E-state index contributed by atoms with van der Waals surface area (Å²) in [4.78, 5) is 33.7.